The van der Waals surface area contributed by atoms with Gasteiger partial charge >= 0.3 is 0 Å². The third-order valence-electron chi connectivity index (χ3n) is 4.38. The van der Waals surface area contributed by atoms with E-state index in [1.54, 1.807) is 24.3 Å². The SMILES string of the molecule is Cc1ccc(S(=O)(=O)OCCOC(c2ccccc2)c2ccccc2C#N)cc1. The van der Waals surface area contributed by atoms with E-state index in [1.165, 1.54) is 12.1 Å². The summed E-state index contributed by atoms with van der Waals surface area (Å²) in [6.07, 6.45) is -0.502. The molecule has 0 saturated carbocycles. The molecule has 0 aliphatic carbocycles. The largest absolute Gasteiger partial charge is 0.366 e. The fourth-order valence-corrected chi connectivity index (χ4v) is 3.80. The molecule has 0 spiro atoms. The summed E-state index contributed by atoms with van der Waals surface area (Å²) in [4.78, 5) is 0.109. The smallest absolute Gasteiger partial charge is 0.297 e. The summed E-state index contributed by atoms with van der Waals surface area (Å²) in [5, 5.41) is 9.43. The van der Waals surface area contributed by atoms with Crippen molar-refractivity contribution in [3.8, 4) is 6.07 Å². The molecule has 5 nitrogen and oxygen atoms in total. The molecule has 3 rings (SSSR count). The van der Waals surface area contributed by atoms with Crippen LogP contribution in [0, 0.1) is 18.3 Å². The van der Waals surface area contributed by atoms with Gasteiger partial charge in [-0.3, -0.25) is 4.18 Å². The molecule has 0 bridgehead atoms. The van der Waals surface area contributed by atoms with Gasteiger partial charge < -0.3 is 4.74 Å². The summed E-state index contributed by atoms with van der Waals surface area (Å²) in [7, 11) is -3.85. The normalized spacial score (nSPS) is 12.3. The van der Waals surface area contributed by atoms with E-state index in [-0.39, 0.29) is 18.1 Å². The predicted molar refractivity (Wildman–Crippen MR) is 110 cm³/mol. The van der Waals surface area contributed by atoms with Crippen molar-refractivity contribution in [2.75, 3.05) is 13.2 Å². The molecule has 0 radical (unpaired) electrons. The molecule has 0 aliphatic rings. The lowest BCUT2D eigenvalue weighted by molar-refractivity contribution is 0.0573. The van der Waals surface area contributed by atoms with Crippen LogP contribution in [0.1, 0.15) is 28.4 Å². The average molecular weight is 407 g/mol. The van der Waals surface area contributed by atoms with Crippen molar-refractivity contribution in [2.45, 2.75) is 17.9 Å². The maximum atomic E-state index is 12.3. The molecule has 6 heteroatoms. The molecule has 0 amide bonds. The second-order valence-electron chi connectivity index (χ2n) is 6.45. The lowest BCUT2D eigenvalue weighted by atomic mass is 9.97. The summed E-state index contributed by atoms with van der Waals surface area (Å²) >= 11 is 0. The Hall–Kier alpha value is -2.98. The molecule has 0 N–H and O–H groups in total. The minimum atomic E-state index is -3.85. The number of hydrogen-bond acceptors (Lipinski definition) is 5. The van der Waals surface area contributed by atoms with E-state index in [2.05, 4.69) is 6.07 Å². The minimum absolute atomic E-state index is 0.0460. The molecule has 29 heavy (non-hydrogen) atoms. The van der Waals surface area contributed by atoms with E-state index >= 15 is 0 Å². The maximum absolute atomic E-state index is 12.3. The van der Waals surface area contributed by atoms with Crippen molar-refractivity contribution in [1.82, 2.24) is 0 Å². The Kier molecular flexibility index (Phi) is 6.78. The monoisotopic (exact) mass is 407 g/mol. The van der Waals surface area contributed by atoms with Crippen LogP contribution in [0.3, 0.4) is 0 Å². The van der Waals surface area contributed by atoms with Crippen LogP contribution in [-0.4, -0.2) is 21.6 Å². The molecule has 1 unspecified atom stereocenters. The van der Waals surface area contributed by atoms with Crippen molar-refractivity contribution in [2.24, 2.45) is 0 Å². The predicted octanol–water partition coefficient (Wildman–Crippen LogP) is 4.38. The summed E-state index contributed by atoms with van der Waals surface area (Å²) < 4.78 is 35.7. The Bertz CT molecular complexity index is 1090. The highest BCUT2D eigenvalue weighted by Crippen LogP contribution is 2.28. The zero-order chi connectivity index (χ0) is 20.7. The highest BCUT2D eigenvalue weighted by Gasteiger charge is 2.19. The molecule has 3 aromatic rings. The molecular formula is C23H21NO4S. The van der Waals surface area contributed by atoms with E-state index in [0.717, 1.165) is 16.7 Å². The van der Waals surface area contributed by atoms with Gasteiger partial charge in [-0.25, -0.2) is 0 Å². The number of benzene rings is 3. The lowest BCUT2D eigenvalue weighted by Crippen LogP contribution is -2.15. The van der Waals surface area contributed by atoms with Crippen LogP contribution in [0.5, 0.6) is 0 Å². The van der Waals surface area contributed by atoms with E-state index in [0.29, 0.717) is 5.56 Å². The second-order valence-corrected chi connectivity index (χ2v) is 8.07. The summed E-state index contributed by atoms with van der Waals surface area (Å²) in [5.41, 5.74) is 3.07. The van der Waals surface area contributed by atoms with Crippen molar-refractivity contribution in [3.05, 3.63) is 101 Å². The number of hydrogen-bond donors (Lipinski definition) is 0. The van der Waals surface area contributed by atoms with E-state index in [4.69, 9.17) is 8.92 Å². The Morgan fingerprint density at radius 1 is 0.897 bits per heavy atom. The third-order valence-corrected chi connectivity index (χ3v) is 5.71. The van der Waals surface area contributed by atoms with Gasteiger partial charge in [-0.05, 0) is 30.7 Å². The number of aryl methyl sites for hydroxylation is 1. The quantitative estimate of drug-likeness (QED) is 0.409. The molecular weight excluding hydrogens is 386 g/mol. The Labute approximate surface area is 171 Å². The molecule has 3 aromatic carbocycles. The first kappa shape index (κ1) is 20.7. The van der Waals surface area contributed by atoms with Gasteiger partial charge in [0.25, 0.3) is 10.1 Å². The van der Waals surface area contributed by atoms with Gasteiger partial charge in [0.2, 0.25) is 0 Å². The first-order valence-corrected chi connectivity index (χ1v) is 10.5. The molecule has 1 atom stereocenters. The van der Waals surface area contributed by atoms with Crippen LogP contribution in [0.4, 0.5) is 0 Å². The van der Waals surface area contributed by atoms with Crippen LogP contribution in [0.25, 0.3) is 0 Å². The minimum Gasteiger partial charge on any atom is -0.366 e. The van der Waals surface area contributed by atoms with Crippen molar-refractivity contribution in [3.63, 3.8) is 0 Å². The molecule has 148 valence electrons. The Balaban J connectivity index is 1.71. The van der Waals surface area contributed by atoms with Gasteiger partial charge in [0, 0.05) is 5.56 Å². The lowest BCUT2D eigenvalue weighted by Gasteiger charge is -2.20. The molecule has 0 heterocycles. The van der Waals surface area contributed by atoms with Gasteiger partial charge in [-0.1, -0.05) is 66.2 Å². The fraction of sp³-hybridized carbons (Fsp3) is 0.174. The fourth-order valence-electron chi connectivity index (χ4n) is 2.90. The zero-order valence-electron chi connectivity index (χ0n) is 16.0. The van der Waals surface area contributed by atoms with Crippen molar-refractivity contribution < 1.29 is 17.3 Å². The molecule has 0 aromatic heterocycles. The Morgan fingerprint density at radius 3 is 2.24 bits per heavy atom. The maximum Gasteiger partial charge on any atom is 0.297 e. The second kappa shape index (κ2) is 9.48. The number of nitrogens with zero attached hydrogens (tertiary/aromatic N) is 1. The highest BCUT2D eigenvalue weighted by molar-refractivity contribution is 7.86. The first-order valence-electron chi connectivity index (χ1n) is 9.13. The number of nitriles is 1. The summed E-state index contributed by atoms with van der Waals surface area (Å²) in [6, 6.07) is 25.3. The zero-order valence-corrected chi connectivity index (χ0v) is 16.8. The van der Waals surface area contributed by atoms with Crippen LogP contribution in [-0.2, 0) is 19.0 Å². The first-order chi connectivity index (χ1) is 14.0. The van der Waals surface area contributed by atoms with Crippen molar-refractivity contribution in [1.29, 1.82) is 5.26 Å². The van der Waals surface area contributed by atoms with E-state index in [9.17, 15) is 13.7 Å². The third kappa shape index (κ3) is 5.30. The topological polar surface area (TPSA) is 76.4 Å². The number of ether oxygens (including phenoxy) is 1. The van der Waals surface area contributed by atoms with Gasteiger partial charge in [-0.15, -0.1) is 0 Å². The summed E-state index contributed by atoms with van der Waals surface area (Å²) in [6.45, 7) is 1.80. The van der Waals surface area contributed by atoms with Gasteiger partial charge in [0.15, 0.2) is 0 Å². The van der Waals surface area contributed by atoms with Crippen LogP contribution in [0.2, 0.25) is 0 Å². The van der Waals surface area contributed by atoms with E-state index < -0.39 is 16.2 Å². The Morgan fingerprint density at radius 2 is 1.55 bits per heavy atom. The summed E-state index contributed by atoms with van der Waals surface area (Å²) in [5.74, 6) is 0. The van der Waals surface area contributed by atoms with E-state index in [1.807, 2.05) is 49.4 Å². The molecule has 0 aliphatic heterocycles. The average Bonchev–Trinajstić information content (AvgIpc) is 2.75. The highest BCUT2D eigenvalue weighted by atomic mass is 32.2. The molecule has 0 fully saturated rings. The van der Waals surface area contributed by atoms with Crippen LogP contribution >= 0.6 is 0 Å². The van der Waals surface area contributed by atoms with Gasteiger partial charge in [-0.2, -0.15) is 13.7 Å². The standard InChI is InChI=1S/C23H21NO4S/c1-18-11-13-21(14-12-18)29(25,26)28-16-15-27-23(19-7-3-2-4-8-19)22-10-6-5-9-20(22)17-24/h2-14,23H,15-16H2,1H3. The number of rotatable bonds is 8. The molecule has 0 saturated heterocycles. The van der Waals surface area contributed by atoms with Crippen molar-refractivity contribution >= 4 is 10.1 Å². The van der Waals surface area contributed by atoms with Crippen LogP contribution < -0.4 is 0 Å². The van der Waals surface area contributed by atoms with Gasteiger partial charge in [0.05, 0.1) is 29.7 Å². The van der Waals surface area contributed by atoms with Crippen LogP contribution in [0.15, 0.2) is 83.8 Å². The van der Waals surface area contributed by atoms with Gasteiger partial charge in [0.1, 0.15) is 6.10 Å².